The molecule has 0 aromatic carbocycles. The molecule has 2 heterocycles. The number of methoxy groups -OCH3 is 1. The maximum atomic E-state index is 11.3. The molecule has 0 saturated carbocycles. The van der Waals surface area contributed by atoms with Crippen molar-refractivity contribution in [2.45, 2.75) is 13.5 Å². The summed E-state index contributed by atoms with van der Waals surface area (Å²) in [7, 11) is 1.32. The Balaban J connectivity index is 2.09. The fraction of sp³-hybridized carbons (Fsp3) is 0.231. The molecule has 7 heteroatoms. The highest BCUT2D eigenvalue weighted by Gasteiger charge is 2.12. The molecule has 1 N–H and O–H groups in total. The molecule has 0 amide bonds. The van der Waals surface area contributed by atoms with Crippen LogP contribution < -0.4 is 5.32 Å². The van der Waals surface area contributed by atoms with Gasteiger partial charge < -0.3 is 14.5 Å². The van der Waals surface area contributed by atoms with Crippen molar-refractivity contribution in [1.82, 2.24) is 4.98 Å². The second kappa shape index (κ2) is 6.15. The Morgan fingerprint density at radius 1 is 1.45 bits per heavy atom. The van der Waals surface area contributed by atoms with Crippen LogP contribution in [0.25, 0.3) is 0 Å². The summed E-state index contributed by atoms with van der Waals surface area (Å²) in [5.41, 5.74) is 1.91. The van der Waals surface area contributed by atoms with Crippen LogP contribution in [0.1, 0.15) is 21.7 Å². The molecule has 0 atom stereocenters. The number of aryl methyl sites for hydroxylation is 1. The van der Waals surface area contributed by atoms with E-state index in [9.17, 15) is 4.79 Å². The lowest BCUT2D eigenvalue weighted by Gasteiger charge is -2.09. The summed E-state index contributed by atoms with van der Waals surface area (Å²) in [4.78, 5) is 15.3. The molecular formula is C13H12Cl2N2O3. The van der Waals surface area contributed by atoms with Gasteiger partial charge in [0.05, 0.1) is 24.9 Å². The third-order valence-corrected chi connectivity index (χ3v) is 3.12. The zero-order valence-electron chi connectivity index (χ0n) is 10.9. The minimum atomic E-state index is -0.442. The Bertz CT molecular complexity index is 617. The van der Waals surface area contributed by atoms with Crippen molar-refractivity contribution in [2.24, 2.45) is 0 Å². The summed E-state index contributed by atoms with van der Waals surface area (Å²) in [6.07, 6.45) is 1.34. The highest BCUT2D eigenvalue weighted by molar-refractivity contribution is 6.34. The van der Waals surface area contributed by atoms with Crippen molar-refractivity contribution in [3.63, 3.8) is 0 Å². The van der Waals surface area contributed by atoms with Gasteiger partial charge in [0, 0.05) is 0 Å². The largest absolute Gasteiger partial charge is 0.467 e. The van der Waals surface area contributed by atoms with Gasteiger partial charge in [0.2, 0.25) is 0 Å². The van der Waals surface area contributed by atoms with Gasteiger partial charge in [-0.3, -0.25) is 0 Å². The maximum Gasteiger partial charge on any atom is 0.341 e. The lowest BCUT2D eigenvalue weighted by molar-refractivity contribution is 0.0600. The van der Waals surface area contributed by atoms with Crippen LogP contribution in [-0.4, -0.2) is 18.1 Å². The SMILES string of the molecule is COC(=O)c1coc(CNc2c(C)cc(Cl)nc2Cl)c1. The highest BCUT2D eigenvalue weighted by Crippen LogP contribution is 2.27. The van der Waals surface area contributed by atoms with E-state index in [0.29, 0.717) is 28.7 Å². The number of furan rings is 1. The topological polar surface area (TPSA) is 64.4 Å². The van der Waals surface area contributed by atoms with E-state index >= 15 is 0 Å². The van der Waals surface area contributed by atoms with Crippen molar-refractivity contribution >= 4 is 34.9 Å². The molecule has 0 aliphatic heterocycles. The summed E-state index contributed by atoms with van der Waals surface area (Å²) in [5.74, 6) is 0.137. The zero-order valence-corrected chi connectivity index (χ0v) is 12.4. The second-order valence-corrected chi connectivity index (χ2v) is 4.82. The number of ether oxygens (including phenoxy) is 1. The number of pyridine rings is 1. The van der Waals surface area contributed by atoms with Gasteiger partial charge in [-0.15, -0.1) is 0 Å². The molecule has 0 bridgehead atoms. The molecule has 0 saturated heterocycles. The molecule has 0 aliphatic rings. The number of aromatic nitrogens is 1. The lowest BCUT2D eigenvalue weighted by Crippen LogP contribution is -2.02. The summed E-state index contributed by atoms with van der Waals surface area (Å²) in [6.45, 7) is 2.23. The molecule has 2 rings (SSSR count). The Morgan fingerprint density at radius 2 is 2.20 bits per heavy atom. The number of nitrogens with one attached hydrogen (secondary N) is 1. The quantitative estimate of drug-likeness (QED) is 0.688. The van der Waals surface area contributed by atoms with Gasteiger partial charge in [0.1, 0.15) is 17.2 Å². The summed E-state index contributed by atoms with van der Waals surface area (Å²) in [6, 6.07) is 3.31. The van der Waals surface area contributed by atoms with E-state index in [1.807, 2.05) is 6.92 Å². The highest BCUT2D eigenvalue weighted by atomic mass is 35.5. The van der Waals surface area contributed by atoms with Gasteiger partial charge >= 0.3 is 5.97 Å². The first-order chi connectivity index (χ1) is 9.51. The molecule has 2 aromatic rings. The Labute approximate surface area is 125 Å². The molecular weight excluding hydrogens is 303 g/mol. The molecule has 0 unspecified atom stereocenters. The van der Waals surface area contributed by atoms with E-state index in [1.165, 1.54) is 13.4 Å². The summed E-state index contributed by atoms with van der Waals surface area (Å²) in [5, 5.41) is 3.72. The van der Waals surface area contributed by atoms with Crippen LogP contribution in [0.2, 0.25) is 10.3 Å². The predicted octanol–water partition coefficient (Wildman–Crippen LogP) is 3.69. The number of carbonyl (C=O) groups is 1. The predicted molar refractivity (Wildman–Crippen MR) is 76.4 cm³/mol. The minimum Gasteiger partial charge on any atom is -0.467 e. The van der Waals surface area contributed by atoms with Gasteiger partial charge in [-0.05, 0) is 24.6 Å². The molecule has 0 radical (unpaired) electrons. The lowest BCUT2D eigenvalue weighted by atomic mass is 10.2. The number of hydrogen-bond acceptors (Lipinski definition) is 5. The first kappa shape index (κ1) is 14.7. The second-order valence-electron chi connectivity index (χ2n) is 4.07. The fourth-order valence-electron chi connectivity index (χ4n) is 1.68. The van der Waals surface area contributed by atoms with E-state index in [2.05, 4.69) is 15.0 Å². The molecule has 106 valence electrons. The number of esters is 1. The Morgan fingerprint density at radius 3 is 2.85 bits per heavy atom. The average Bonchev–Trinajstić information content (AvgIpc) is 2.85. The van der Waals surface area contributed by atoms with E-state index in [1.54, 1.807) is 12.1 Å². The third-order valence-electron chi connectivity index (χ3n) is 2.66. The molecule has 0 fully saturated rings. The van der Waals surface area contributed by atoms with E-state index in [0.717, 1.165) is 5.56 Å². The number of halogens is 2. The van der Waals surface area contributed by atoms with Gasteiger partial charge in [-0.25, -0.2) is 9.78 Å². The zero-order chi connectivity index (χ0) is 14.7. The summed E-state index contributed by atoms with van der Waals surface area (Å²) >= 11 is 11.8. The first-order valence-corrected chi connectivity index (χ1v) is 6.49. The maximum absolute atomic E-state index is 11.3. The molecule has 2 aromatic heterocycles. The number of anilines is 1. The first-order valence-electron chi connectivity index (χ1n) is 5.73. The van der Waals surface area contributed by atoms with Gasteiger partial charge in [-0.2, -0.15) is 0 Å². The Kier molecular flexibility index (Phi) is 4.52. The van der Waals surface area contributed by atoms with E-state index < -0.39 is 5.97 Å². The van der Waals surface area contributed by atoms with Crippen LogP contribution in [0.3, 0.4) is 0 Å². The monoisotopic (exact) mass is 314 g/mol. The van der Waals surface area contributed by atoms with Crippen LogP contribution in [0.5, 0.6) is 0 Å². The van der Waals surface area contributed by atoms with Crippen LogP contribution in [0.4, 0.5) is 5.69 Å². The number of rotatable bonds is 4. The Hall–Kier alpha value is -1.72. The molecule has 5 nitrogen and oxygen atoms in total. The third kappa shape index (κ3) is 3.23. The average molecular weight is 315 g/mol. The smallest absolute Gasteiger partial charge is 0.341 e. The van der Waals surface area contributed by atoms with Crippen LogP contribution >= 0.6 is 23.2 Å². The molecule has 0 aliphatic carbocycles. The number of carbonyl (C=O) groups excluding carboxylic acids is 1. The van der Waals surface area contributed by atoms with Crippen LogP contribution in [0, 0.1) is 6.92 Å². The number of hydrogen-bond donors (Lipinski definition) is 1. The summed E-state index contributed by atoms with van der Waals surface area (Å²) < 4.78 is 9.86. The van der Waals surface area contributed by atoms with Crippen LogP contribution in [0.15, 0.2) is 22.8 Å². The molecule has 20 heavy (non-hydrogen) atoms. The van der Waals surface area contributed by atoms with Gasteiger partial charge in [0.15, 0.2) is 5.15 Å². The van der Waals surface area contributed by atoms with Gasteiger partial charge in [-0.1, -0.05) is 23.2 Å². The normalized spacial score (nSPS) is 10.4. The minimum absolute atomic E-state index is 0.287. The number of nitrogens with zero attached hydrogens (tertiary/aromatic N) is 1. The molecule has 0 spiro atoms. The van der Waals surface area contributed by atoms with Crippen molar-refractivity contribution in [3.05, 3.63) is 45.6 Å². The van der Waals surface area contributed by atoms with E-state index in [4.69, 9.17) is 27.6 Å². The van der Waals surface area contributed by atoms with Crippen molar-refractivity contribution < 1.29 is 13.9 Å². The van der Waals surface area contributed by atoms with Crippen LogP contribution in [-0.2, 0) is 11.3 Å². The fourth-order valence-corrected chi connectivity index (χ4v) is 2.28. The standard InChI is InChI=1S/C13H12Cl2N2O3/c1-7-3-10(14)17-12(15)11(7)16-5-9-4-8(6-20-9)13(18)19-2/h3-4,6,16H,5H2,1-2H3. The van der Waals surface area contributed by atoms with Crippen molar-refractivity contribution in [3.8, 4) is 0 Å². The van der Waals surface area contributed by atoms with Crippen molar-refractivity contribution in [2.75, 3.05) is 12.4 Å². The van der Waals surface area contributed by atoms with E-state index in [-0.39, 0.29) is 5.15 Å². The van der Waals surface area contributed by atoms with Crippen molar-refractivity contribution in [1.29, 1.82) is 0 Å². The van der Waals surface area contributed by atoms with Gasteiger partial charge in [0.25, 0.3) is 0 Å².